The summed E-state index contributed by atoms with van der Waals surface area (Å²) in [6, 6.07) is 8.27. The molecule has 13 heavy (non-hydrogen) atoms. The molecular formula is C12H16O. The Balaban J connectivity index is 2.37. The quantitative estimate of drug-likeness (QED) is 0.734. The van der Waals surface area contributed by atoms with Crippen LogP contribution < -0.4 is 0 Å². The van der Waals surface area contributed by atoms with Crippen molar-refractivity contribution in [1.82, 2.24) is 0 Å². The summed E-state index contributed by atoms with van der Waals surface area (Å²) >= 11 is 0. The summed E-state index contributed by atoms with van der Waals surface area (Å²) in [7, 11) is 0. The Morgan fingerprint density at radius 1 is 1.38 bits per heavy atom. The Bertz CT molecular complexity index is 302. The highest BCUT2D eigenvalue weighted by Crippen LogP contribution is 2.39. The molecule has 0 radical (unpaired) electrons. The average Bonchev–Trinajstić information content (AvgIpc) is 2.46. The number of rotatable bonds is 2. The van der Waals surface area contributed by atoms with Crippen LogP contribution in [0, 0.1) is 0 Å². The molecule has 2 rings (SSSR count). The predicted octanol–water partition coefficient (Wildman–Crippen LogP) is 2.62. The average molecular weight is 176 g/mol. The molecular weight excluding hydrogens is 160 g/mol. The molecule has 1 unspecified atom stereocenters. The summed E-state index contributed by atoms with van der Waals surface area (Å²) < 4.78 is 0. The van der Waals surface area contributed by atoms with Gasteiger partial charge in [0.1, 0.15) is 0 Å². The Morgan fingerprint density at radius 2 is 2.15 bits per heavy atom. The molecule has 0 aliphatic heterocycles. The smallest absolute Gasteiger partial charge is 0.0902 e. The van der Waals surface area contributed by atoms with Crippen molar-refractivity contribution in [2.45, 2.75) is 38.2 Å². The molecule has 0 spiro atoms. The Kier molecular flexibility index (Phi) is 2.12. The van der Waals surface area contributed by atoms with Crippen molar-refractivity contribution in [3.8, 4) is 0 Å². The van der Waals surface area contributed by atoms with Gasteiger partial charge in [-0.25, -0.2) is 0 Å². The van der Waals surface area contributed by atoms with Gasteiger partial charge in [-0.1, -0.05) is 37.6 Å². The van der Waals surface area contributed by atoms with Gasteiger partial charge >= 0.3 is 0 Å². The van der Waals surface area contributed by atoms with Gasteiger partial charge in [-0.2, -0.15) is 0 Å². The lowest BCUT2D eigenvalue weighted by Crippen LogP contribution is -2.21. The third-order valence-electron chi connectivity index (χ3n) is 2.99. The molecule has 0 heterocycles. The Hall–Kier alpha value is -0.820. The molecule has 0 aromatic heterocycles. The van der Waals surface area contributed by atoms with Crippen LogP contribution in [0.25, 0.3) is 0 Å². The van der Waals surface area contributed by atoms with E-state index < -0.39 is 5.60 Å². The van der Waals surface area contributed by atoms with E-state index in [4.69, 9.17) is 0 Å². The summed E-state index contributed by atoms with van der Waals surface area (Å²) in [5.41, 5.74) is 1.97. The third kappa shape index (κ3) is 1.37. The highest BCUT2D eigenvalue weighted by atomic mass is 16.3. The van der Waals surface area contributed by atoms with Crippen LogP contribution in [0.4, 0.5) is 0 Å². The molecule has 1 heteroatoms. The van der Waals surface area contributed by atoms with Gasteiger partial charge in [0.2, 0.25) is 0 Å². The molecule has 0 saturated carbocycles. The second kappa shape index (κ2) is 3.15. The van der Waals surface area contributed by atoms with Crippen molar-refractivity contribution in [2.24, 2.45) is 0 Å². The zero-order valence-electron chi connectivity index (χ0n) is 8.09. The van der Waals surface area contributed by atoms with E-state index in [1.54, 1.807) is 0 Å². The molecule has 1 atom stereocenters. The van der Waals surface area contributed by atoms with Crippen molar-refractivity contribution < 1.29 is 5.11 Å². The summed E-state index contributed by atoms with van der Waals surface area (Å²) in [4.78, 5) is 0. The summed E-state index contributed by atoms with van der Waals surface area (Å²) in [5.74, 6) is 0. The number of hydrogen-bond acceptors (Lipinski definition) is 1. The van der Waals surface area contributed by atoms with Crippen molar-refractivity contribution in [1.29, 1.82) is 0 Å². The van der Waals surface area contributed by atoms with Crippen LogP contribution in [0.2, 0.25) is 0 Å². The first-order valence-corrected chi connectivity index (χ1v) is 5.07. The standard InChI is InChI=1S/C12H16O/c1-2-8-12(13)9-7-10-5-3-4-6-11(10)12/h3-6,13H,2,7-9H2,1H3. The lowest BCUT2D eigenvalue weighted by molar-refractivity contribution is 0.0287. The van der Waals surface area contributed by atoms with Crippen LogP contribution in [-0.4, -0.2) is 5.11 Å². The summed E-state index contributed by atoms with van der Waals surface area (Å²) in [6.07, 6.45) is 3.88. The molecule has 1 aromatic carbocycles. The molecule has 1 aromatic rings. The first-order valence-electron chi connectivity index (χ1n) is 5.07. The minimum atomic E-state index is -0.522. The van der Waals surface area contributed by atoms with Gasteiger partial charge in [0, 0.05) is 0 Å². The summed E-state index contributed by atoms with van der Waals surface area (Å²) in [6.45, 7) is 2.12. The minimum absolute atomic E-state index is 0.522. The molecule has 70 valence electrons. The topological polar surface area (TPSA) is 20.2 Å². The zero-order chi connectivity index (χ0) is 9.31. The lowest BCUT2D eigenvalue weighted by atomic mass is 9.91. The van der Waals surface area contributed by atoms with E-state index in [0.29, 0.717) is 0 Å². The molecule has 1 nitrogen and oxygen atoms in total. The van der Waals surface area contributed by atoms with Gasteiger partial charge in [0.25, 0.3) is 0 Å². The molecule has 1 aliphatic carbocycles. The van der Waals surface area contributed by atoms with Crippen LogP contribution in [-0.2, 0) is 12.0 Å². The number of fused-ring (bicyclic) bond motifs is 1. The van der Waals surface area contributed by atoms with E-state index in [1.165, 1.54) is 5.56 Å². The lowest BCUT2D eigenvalue weighted by Gasteiger charge is -2.23. The van der Waals surface area contributed by atoms with Gasteiger partial charge in [-0.15, -0.1) is 0 Å². The highest BCUT2D eigenvalue weighted by molar-refractivity contribution is 5.36. The molecule has 1 aliphatic rings. The second-order valence-electron chi connectivity index (χ2n) is 3.94. The maximum Gasteiger partial charge on any atom is 0.0902 e. The number of aliphatic hydroxyl groups is 1. The summed E-state index contributed by atoms with van der Waals surface area (Å²) in [5, 5.41) is 10.3. The van der Waals surface area contributed by atoms with Gasteiger partial charge in [0.15, 0.2) is 0 Å². The van der Waals surface area contributed by atoms with E-state index in [9.17, 15) is 5.11 Å². The normalized spacial score (nSPS) is 26.0. The monoisotopic (exact) mass is 176 g/mol. The fourth-order valence-corrected chi connectivity index (χ4v) is 2.34. The maximum absolute atomic E-state index is 10.3. The van der Waals surface area contributed by atoms with Crippen molar-refractivity contribution in [3.63, 3.8) is 0 Å². The fraction of sp³-hybridized carbons (Fsp3) is 0.500. The number of aryl methyl sites for hydroxylation is 1. The highest BCUT2D eigenvalue weighted by Gasteiger charge is 2.34. The molecule has 0 saturated heterocycles. The van der Waals surface area contributed by atoms with Gasteiger partial charge < -0.3 is 5.11 Å². The van der Waals surface area contributed by atoms with E-state index in [0.717, 1.165) is 31.2 Å². The van der Waals surface area contributed by atoms with E-state index >= 15 is 0 Å². The van der Waals surface area contributed by atoms with Gasteiger partial charge in [-0.05, 0) is 30.4 Å². The first-order chi connectivity index (χ1) is 6.26. The van der Waals surface area contributed by atoms with Crippen molar-refractivity contribution in [2.75, 3.05) is 0 Å². The van der Waals surface area contributed by atoms with Crippen LogP contribution in [0.15, 0.2) is 24.3 Å². The predicted molar refractivity (Wildman–Crippen MR) is 53.6 cm³/mol. The van der Waals surface area contributed by atoms with E-state index in [1.807, 2.05) is 6.07 Å². The minimum Gasteiger partial charge on any atom is -0.385 e. The van der Waals surface area contributed by atoms with Crippen LogP contribution in [0.3, 0.4) is 0 Å². The van der Waals surface area contributed by atoms with Gasteiger partial charge in [-0.3, -0.25) is 0 Å². The van der Waals surface area contributed by atoms with E-state index in [-0.39, 0.29) is 0 Å². The molecule has 0 amide bonds. The number of benzene rings is 1. The van der Waals surface area contributed by atoms with Crippen LogP contribution in [0.5, 0.6) is 0 Å². The van der Waals surface area contributed by atoms with Crippen molar-refractivity contribution >= 4 is 0 Å². The first kappa shape index (κ1) is 8.76. The van der Waals surface area contributed by atoms with Crippen LogP contribution >= 0.6 is 0 Å². The van der Waals surface area contributed by atoms with Crippen LogP contribution in [0.1, 0.15) is 37.3 Å². The Labute approximate surface area is 79.4 Å². The SMILES string of the molecule is CCCC1(O)CCc2ccccc21. The fourth-order valence-electron chi connectivity index (χ4n) is 2.34. The Morgan fingerprint density at radius 3 is 2.92 bits per heavy atom. The van der Waals surface area contributed by atoms with Crippen molar-refractivity contribution in [3.05, 3.63) is 35.4 Å². The maximum atomic E-state index is 10.3. The van der Waals surface area contributed by atoms with E-state index in [2.05, 4.69) is 25.1 Å². The third-order valence-corrected chi connectivity index (χ3v) is 2.99. The molecule has 0 fully saturated rings. The zero-order valence-corrected chi connectivity index (χ0v) is 8.09. The number of hydrogen-bond donors (Lipinski definition) is 1. The second-order valence-corrected chi connectivity index (χ2v) is 3.94. The molecule has 1 N–H and O–H groups in total. The largest absolute Gasteiger partial charge is 0.385 e. The van der Waals surface area contributed by atoms with Gasteiger partial charge in [0.05, 0.1) is 5.60 Å². The molecule has 0 bridgehead atoms.